The van der Waals surface area contributed by atoms with Crippen LogP contribution >= 0.6 is 0 Å². The largest absolute Gasteiger partial charge is 0.495 e. The van der Waals surface area contributed by atoms with Gasteiger partial charge in [0.25, 0.3) is 5.91 Å². The Morgan fingerprint density at radius 2 is 1.52 bits per heavy atom. The van der Waals surface area contributed by atoms with Crippen LogP contribution in [-0.4, -0.2) is 39.6 Å². The highest BCUT2D eigenvalue weighted by molar-refractivity contribution is 6.15. The molecular formula is C25H25N3O3. The van der Waals surface area contributed by atoms with Gasteiger partial charge in [0.1, 0.15) is 18.3 Å². The quantitative estimate of drug-likeness (QED) is 0.635. The van der Waals surface area contributed by atoms with Crippen LogP contribution in [0, 0.1) is 0 Å². The van der Waals surface area contributed by atoms with Crippen molar-refractivity contribution in [2.24, 2.45) is 0 Å². The summed E-state index contributed by atoms with van der Waals surface area (Å²) in [5.41, 5.74) is 3.06. The molecule has 1 fully saturated rings. The third-order valence-corrected chi connectivity index (χ3v) is 5.46. The maximum Gasteiger partial charge on any atom is 0.255 e. The first-order chi connectivity index (χ1) is 15.0. The van der Waals surface area contributed by atoms with Crippen molar-refractivity contribution < 1.29 is 14.3 Å². The number of amides is 2. The second kappa shape index (κ2) is 8.52. The molecule has 6 heteroatoms. The van der Waals surface area contributed by atoms with E-state index in [1.54, 1.807) is 24.1 Å². The number of rotatable bonds is 5. The second-order valence-electron chi connectivity index (χ2n) is 7.58. The van der Waals surface area contributed by atoms with E-state index in [4.69, 9.17) is 4.74 Å². The molecule has 1 aliphatic rings. The Morgan fingerprint density at radius 1 is 0.871 bits per heavy atom. The van der Waals surface area contributed by atoms with Crippen molar-refractivity contribution in [3.8, 4) is 5.75 Å². The highest BCUT2D eigenvalue weighted by Gasteiger charge is 2.42. The number of hydrogen-bond donors (Lipinski definition) is 0. The van der Waals surface area contributed by atoms with Crippen LogP contribution in [0.1, 0.15) is 11.6 Å². The van der Waals surface area contributed by atoms with E-state index < -0.39 is 6.04 Å². The van der Waals surface area contributed by atoms with E-state index in [0.29, 0.717) is 17.1 Å². The van der Waals surface area contributed by atoms with Gasteiger partial charge in [-0.15, -0.1) is 0 Å². The van der Waals surface area contributed by atoms with Crippen LogP contribution < -0.4 is 19.4 Å². The fourth-order valence-corrected chi connectivity index (χ4v) is 3.88. The van der Waals surface area contributed by atoms with E-state index in [1.807, 2.05) is 85.7 Å². The molecule has 1 saturated heterocycles. The third-order valence-electron chi connectivity index (χ3n) is 5.46. The van der Waals surface area contributed by atoms with E-state index in [-0.39, 0.29) is 18.4 Å². The normalized spacial score (nSPS) is 16.4. The molecule has 2 amide bonds. The number of methoxy groups -OCH3 is 1. The van der Waals surface area contributed by atoms with E-state index in [2.05, 4.69) is 0 Å². The van der Waals surface area contributed by atoms with Gasteiger partial charge in [-0.1, -0.05) is 42.5 Å². The number of benzene rings is 3. The summed E-state index contributed by atoms with van der Waals surface area (Å²) in [5.74, 6) is 0.225. The van der Waals surface area contributed by atoms with Gasteiger partial charge in [0, 0.05) is 25.5 Å². The molecule has 31 heavy (non-hydrogen) atoms. The standard InChI is InChI=1S/C25H25N3O3/c1-26(2)19-15-13-18(14-16-19)24-25(30)27(21-11-7-8-12-22(21)31-3)17-23(29)28(24)20-9-5-4-6-10-20/h4-16,24H,17H2,1-3H3/t24-/m1/s1. The summed E-state index contributed by atoms with van der Waals surface area (Å²) in [6.07, 6.45) is 0. The van der Waals surface area contributed by atoms with E-state index in [0.717, 1.165) is 11.3 Å². The monoisotopic (exact) mass is 415 g/mol. The predicted octanol–water partition coefficient (Wildman–Crippen LogP) is 3.88. The molecule has 1 atom stereocenters. The Kier molecular flexibility index (Phi) is 5.62. The highest BCUT2D eigenvalue weighted by Crippen LogP contribution is 2.37. The molecule has 6 nitrogen and oxygen atoms in total. The molecule has 0 N–H and O–H groups in total. The molecule has 0 spiro atoms. The minimum Gasteiger partial charge on any atom is -0.495 e. The Labute approximate surface area is 182 Å². The Balaban J connectivity index is 1.81. The van der Waals surface area contributed by atoms with Crippen molar-refractivity contribution in [2.45, 2.75) is 6.04 Å². The van der Waals surface area contributed by atoms with Gasteiger partial charge in [-0.3, -0.25) is 19.4 Å². The summed E-state index contributed by atoms with van der Waals surface area (Å²) in [4.78, 5) is 32.3. The van der Waals surface area contributed by atoms with Gasteiger partial charge >= 0.3 is 0 Å². The summed E-state index contributed by atoms with van der Waals surface area (Å²) in [7, 11) is 5.48. The molecule has 1 heterocycles. The fraction of sp³-hybridized carbons (Fsp3) is 0.200. The van der Waals surface area contributed by atoms with E-state index in [1.165, 1.54) is 4.90 Å². The average Bonchev–Trinajstić information content (AvgIpc) is 2.80. The van der Waals surface area contributed by atoms with Gasteiger partial charge in [-0.05, 0) is 42.0 Å². The van der Waals surface area contributed by atoms with Crippen LogP contribution in [0.15, 0.2) is 78.9 Å². The SMILES string of the molecule is COc1ccccc1N1CC(=O)N(c2ccccc2)[C@H](c2ccc(N(C)C)cc2)C1=O. The molecule has 3 aromatic carbocycles. The average molecular weight is 415 g/mol. The lowest BCUT2D eigenvalue weighted by atomic mass is 9.99. The van der Waals surface area contributed by atoms with Gasteiger partial charge in [0.2, 0.25) is 5.91 Å². The number of hydrogen-bond acceptors (Lipinski definition) is 4. The van der Waals surface area contributed by atoms with Gasteiger partial charge in [0.15, 0.2) is 0 Å². The van der Waals surface area contributed by atoms with Crippen molar-refractivity contribution in [3.05, 3.63) is 84.4 Å². The number of piperazine rings is 1. The van der Waals surface area contributed by atoms with Crippen LogP contribution in [-0.2, 0) is 9.59 Å². The summed E-state index contributed by atoms with van der Waals surface area (Å²) in [5, 5.41) is 0. The lowest BCUT2D eigenvalue weighted by Gasteiger charge is -2.40. The minimum absolute atomic E-state index is 0.0552. The topological polar surface area (TPSA) is 53.1 Å². The Hall–Kier alpha value is -3.80. The number of nitrogens with zero attached hydrogens (tertiary/aromatic N) is 3. The summed E-state index contributed by atoms with van der Waals surface area (Å²) >= 11 is 0. The van der Waals surface area contributed by atoms with Gasteiger partial charge in [-0.2, -0.15) is 0 Å². The molecule has 0 radical (unpaired) electrons. The molecule has 0 saturated carbocycles. The number of ether oxygens (including phenoxy) is 1. The highest BCUT2D eigenvalue weighted by atomic mass is 16.5. The smallest absolute Gasteiger partial charge is 0.255 e. The Bertz CT molecular complexity index is 1080. The number of anilines is 3. The van der Waals surface area contributed by atoms with Crippen molar-refractivity contribution in [1.29, 1.82) is 0 Å². The Morgan fingerprint density at radius 3 is 2.16 bits per heavy atom. The number of carbonyl (C=O) groups excluding carboxylic acids is 2. The van der Waals surface area contributed by atoms with Crippen molar-refractivity contribution >= 4 is 28.9 Å². The zero-order chi connectivity index (χ0) is 22.0. The molecule has 0 aromatic heterocycles. The number of para-hydroxylation sites is 3. The zero-order valence-corrected chi connectivity index (χ0v) is 17.9. The van der Waals surface area contributed by atoms with Crippen LogP contribution in [0.4, 0.5) is 17.1 Å². The maximum atomic E-state index is 13.8. The van der Waals surface area contributed by atoms with Crippen LogP contribution in [0.3, 0.4) is 0 Å². The van der Waals surface area contributed by atoms with Gasteiger partial charge in [-0.25, -0.2) is 0 Å². The maximum absolute atomic E-state index is 13.8. The lowest BCUT2D eigenvalue weighted by Crippen LogP contribution is -2.56. The first kappa shape index (κ1) is 20.5. The fourth-order valence-electron chi connectivity index (χ4n) is 3.88. The van der Waals surface area contributed by atoms with Crippen molar-refractivity contribution in [3.63, 3.8) is 0 Å². The number of carbonyl (C=O) groups is 2. The zero-order valence-electron chi connectivity index (χ0n) is 17.9. The van der Waals surface area contributed by atoms with Gasteiger partial charge in [0.05, 0.1) is 12.8 Å². The summed E-state index contributed by atoms with van der Waals surface area (Å²) < 4.78 is 5.45. The molecular weight excluding hydrogens is 390 g/mol. The minimum atomic E-state index is -0.773. The molecule has 158 valence electrons. The molecule has 4 rings (SSSR count). The lowest BCUT2D eigenvalue weighted by molar-refractivity contribution is -0.128. The molecule has 0 aliphatic carbocycles. The summed E-state index contributed by atoms with van der Waals surface area (Å²) in [6, 6.07) is 23.6. The van der Waals surface area contributed by atoms with Gasteiger partial charge < -0.3 is 9.64 Å². The van der Waals surface area contributed by atoms with Crippen LogP contribution in [0.5, 0.6) is 5.75 Å². The van der Waals surface area contributed by atoms with Crippen molar-refractivity contribution in [2.75, 3.05) is 42.4 Å². The van der Waals surface area contributed by atoms with E-state index >= 15 is 0 Å². The molecule has 0 unspecified atom stereocenters. The van der Waals surface area contributed by atoms with Crippen LogP contribution in [0.25, 0.3) is 0 Å². The predicted molar refractivity (Wildman–Crippen MR) is 123 cm³/mol. The second-order valence-corrected chi connectivity index (χ2v) is 7.58. The molecule has 0 bridgehead atoms. The third kappa shape index (κ3) is 3.84. The van der Waals surface area contributed by atoms with Crippen molar-refractivity contribution in [1.82, 2.24) is 0 Å². The first-order valence-corrected chi connectivity index (χ1v) is 10.1. The summed E-state index contributed by atoms with van der Waals surface area (Å²) in [6.45, 7) is -0.0552. The van der Waals surface area contributed by atoms with E-state index in [9.17, 15) is 9.59 Å². The van der Waals surface area contributed by atoms with Crippen LogP contribution in [0.2, 0.25) is 0 Å². The first-order valence-electron chi connectivity index (χ1n) is 10.1. The molecule has 3 aromatic rings. The molecule has 1 aliphatic heterocycles.